The van der Waals surface area contributed by atoms with Crippen molar-refractivity contribution in [3.05, 3.63) is 29.6 Å². The number of nitrogens with one attached hydrogen (secondary N) is 1. The number of hydrogen-bond acceptors (Lipinski definition) is 3. The van der Waals surface area contributed by atoms with E-state index in [1.807, 2.05) is 6.92 Å². The minimum atomic E-state index is -0.315. The first-order valence-corrected chi connectivity index (χ1v) is 7.02. The lowest BCUT2D eigenvalue weighted by Crippen LogP contribution is -2.28. The van der Waals surface area contributed by atoms with E-state index in [0.717, 1.165) is 32.6 Å². The second kappa shape index (κ2) is 8.12. The van der Waals surface area contributed by atoms with E-state index in [2.05, 4.69) is 24.1 Å². The SMILES string of the molecule is CCN(CC)CCCNC(C)c1cc(F)ccc1O. The van der Waals surface area contributed by atoms with E-state index in [1.54, 1.807) is 0 Å². The van der Waals surface area contributed by atoms with Crippen LogP contribution in [0.5, 0.6) is 5.75 Å². The van der Waals surface area contributed by atoms with E-state index in [4.69, 9.17) is 0 Å². The lowest BCUT2D eigenvalue weighted by molar-refractivity contribution is 0.296. The molecule has 1 unspecified atom stereocenters. The normalized spacial score (nSPS) is 12.9. The Kier molecular flexibility index (Phi) is 6.81. The molecule has 108 valence electrons. The molecule has 1 aromatic carbocycles. The third-order valence-corrected chi connectivity index (χ3v) is 3.45. The van der Waals surface area contributed by atoms with Crippen LogP contribution in [0.3, 0.4) is 0 Å². The van der Waals surface area contributed by atoms with Crippen LogP contribution in [0.4, 0.5) is 4.39 Å². The van der Waals surface area contributed by atoms with Crippen molar-refractivity contribution in [3.8, 4) is 5.75 Å². The molecular formula is C15H25FN2O. The van der Waals surface area contributed by atoms with Crippen LogP contribution in [0.15, 0.2) is 18.2 Å². The highest BCUT2D eigenvalue weighted by atomic mass is 19.1. The average molecular weight is 268 g/mol. The Balaban J connectivity index is 2.39. The number of phenolic OH excluding ortho intramolecular Hbond substituents is 1. The zero-order chi connectivity index (χ0) is 14.3. The van der Waals surface area contributed by atoms with Gasteiger partial charge >= 0.3 is 0 Å². The number of nitrogens with zero attached hydrogens (tertiary/aromatic N) is 1. The summed E-state index contributed by atoms with van der Waals surface area (Å²) in [6, 6.07) is 4.01. The van der Waals surface area contributed by atoms with Gasteiger partial charge in [0.15, 0.2) is 0 Å². The van der Waals surface area contributed by atoms with Crippen LogP contribution in [-0.4, -0.2) is 36.2 Å². The lowest BCUT2D eigenvalue weighted by atomic mass is 10.1. The molecule has 19 heavy (non-hydrogen) atoms. The number of halogens is 1. The smallest absolute Gasteiger partial charge is 0.123 e. The molecule has 0 saturated heterocycles. The van der Waals surface area contributed by atoms with Crippen molar-refractivity contribution in [2.45, 2.75) is 33.2 Å². The summed E-state index contributed by atoms with van der Waals surface area (Å²) in [4.78, 5) is 2.37. The Hall–Kier alpha value is -1.13. The van der Waals surface area contributed by atoms with Crippen molar-refractivity contribution < 1.29 is 9.50 Å². The van der Waals surface area contributed by atoms with Gasteiger partial charge < -0.3 is 15.3 Å². The van der Waals surface area contributed by atoms with E-state index in [9.17, 15) is 9.50 Å². The largest absolute Gasteiger partial charge is 0.508 e. The number of hydrogen-bond donors (Lipinski definition) is 2. The molecule has 1 aromatic rings. The average Bonchev–Trinajstić information content (AvgIpc) is 2.41. The van der Waals surface area contributed by atoms with E-state index < -0.39 is 0 Å². The molecule has 0 radical (unpaired) electrons. The molecule has 0 aromatic heterocycles. The predicted octanol–water partition coefficient (Wildman–Crippen LogP) is 2.91. The van der Waals surface area contributed by atoms with Gasteiger partial charge in [-0.2, -0.15) is 0 Å². The fraction of sp³-hybridized carbons (Fsp3) is 0.600. The Labute approximate surface area is 115 Å². The van der Waals surface area contributed by atoms with Gasteiger partial charge in [0, 0.05) is 11.6 Å². The molecule has 4 heteroatoms. The monoisotopic (exact) mass is 268 g/mol. The van der Waals surface area contributed by atoms with Crippen molar-refractivity contribution >= 4 is 0 Å². The molecule has 0 fully saturated rings. The van der Waals surface area contributed by atoms with Gasteiger partial charge in [-0.05, 0) is 57.7 Å². The van der Waals surface area contributed by atoms with E-state index in [0.29, 0.717) is 5.56 Å². The summed E-state index contributed by atoms with van der Waals surface area (Å²) < 4.78 is 13.1. The molecule has 0 saturated carbocycles. The fourth-order valence-corrected chi connectivity index (χ4v) is 2.14. The van der Waals surface area contributed by atoms with Crippen LogP contribution in [0.1, 0.15) is 38.8 Å². The molecular weight excluding hydrogens is 243 g/mol. The molecule has 0 aliphatic carbocycles. The van der Waals surface area contributed by atoms with Gasteiger partial charge in [0.05, 0.1) is 0 Å². The topological polar surface area (TPSA) is 35.5 Å². The Morgan fingerprint density at radius 3 is 2.63 bits per heavy atom. The van der Waals surface area contributed by atoms with Gasteiger partial charge in [-0.15, -0.1) is 0 Å². The zero-order valence-electron chi connectivity index (χ0n) is 12.1. The first-order valence-electron chi connectivity index (χ1n) is 7.02. The maximum Gasteiger partial charge on any atom is 0.123 e. The molecule has 1 atom stereocenters. The highest BCUT2D eigenvalue weighted by Gasteiger charge is 2.10. The van der Waals surface area contributed by atoms with Crippen LogP contribution in [0, 0.1) is 5.82 Å². The van der Waals surface area contributed by atoms with E-state index in [-0.39, 0.29) is 17.6 Å². The van der Waals surface area contributed by atoms with Gasteiger partial charge in [-0.1, -0.05) is 13.8 Å². The summed E-state index contributed by atoms with van der Waals surface area (Å²) in [5.74, 6) is -0.172. The maximum atomic E-state index is 13.1. The van der Waals surface area contributed by atoms with Crippen molar-refractivity contribution in [3.63, 3.8) is 0 Å². The van der Waals surface area contributed by atoms with Gasteiger partial charge in [0.25, 0.3) is 0 Å². The molecule has 1 rings (SSSR count). The first-order chi connectivity index (χ1) is 9.08. The molecule has 3 nitrogen and oxygen atoms in total. The Morgan fingerprint density at radius 1 is 1.32 bits per heavy atom. The summed E-state index contributed by atoms with van der Waals surface area (Å²) >= 11 is 0. The van der Waals surface area contributed by atoms with Gasteiger partial charge in [0.1, 0.15) is 11.6 Å². The van der Waals surface area contributed by atoms with E-state index in [1.165, 1.54) is 18.2 Å². The molecule has 0 aliphatic heterocycles. The second-order valence-corrected chi connectivity index (χ2v) is 4.76. The quantitative estimate of drug-likeness (QED) is 0.712. The third-order valence-electron chi connectivity index (χ3n) is 3.45. The first kappa shape index (κ1) is 15.9. The predicted molar refractivity (Wildman–Crippen MR) is 76.9 cm³/mol. The molecule has 0 aliphatic rings. The zero-order valence-corrected chi connectivity index (χ0v) is 12.1. The highest BCUT2D eigenvalue weighted by Crippen LogP contribution is 2.24. The van der Waals surface area contributed by atoms with Crippen LogP contribution < -0.4 is 5.32 Å². The number of benzene rings is 1. The Morgan fingerprint density at radius 2 is 2.00 bits per heavy atom. The molecule has 2 N–H and O–H groups in total. The summed E-state index contributed by atoms with van der Waals surface area (Å²) in [6.07, 6.45) is 1.04. The summed E-state index contributed by atoms with van der Waals surface area (Å²) in [7, 11) is 0. The molecule has 0 spiro atoms. The summed E-state index contributed by atoms with van der Waals surface area (Å²) in [5, 5.41) is 13.0. The minimum Gasteiger partial charge on any atom is -0.508 e. The third kappa shape index (κ3) is 5.17. The fourth-order valence-electron chi connectivity index (χ4n) is 2.14. The number of rotatable bonds is 8. The standard InChI is InChI=1S/C15H25FN2O/c1-4-18(5-2)10-6-9-17-12(3)14-11-13(16)7-8-15(14)19/h7-8,11-12,17,19H,4-6,9-10H2,1-3H3. The molecule has 0 amide bonds. The number of aromatic hydroxyl groups is 1. The van der Waals surface area contributed by atoms with Crippen molar-refractivity contribution in [2.24, 2.45) is 0 Å². The van der Waals surface area contributed by atoms with Crippen LogP contribution in [0.25, 0.3) is 0 Å². The maximum absolute atomic E-state index is 13.1. The van der Waals surface area contributed by atoms with Crippen molar-refractivity contribution in [1.82, 2.24) is 10.2 Å². The van der Waals surface area contributed by atoms with Gasteiger partial charge in [-0.3, -0.25) is 0 Å². The summed E-state index contributed by atoms with van der Waals surface area (Å²) in [5.41, 5.74) is 0.614. The minimum absolute atomic E-state index is 0.0487. The number of phenols is 1. The van der Waals surface area contributed by atoms with Crippen LogP contribution >= 0.6 is 0 Å². The molecule has 0 bridgehead atoms. The molecule has 0 heterocycles. The van der Waals surface area contributed by atoms with Crippen LogP contribution in [0.2, 0.25) is 0 Å². The van der Waals surface area contributed by atoms with Crippen LogP contribution in [-0.2, 0) is 0 Å². The second-order valence-electron chi connectivity index (χ2n) is 4.76. The Bertz CT molecular complexity index is 380. The van der Waals surface area contributed by atoms with Crippen molar-refractivity contribution in [1.29, 1.82) is 0 Å². The van der Waals surface area contributed by atoms with Gasteiger partial charge in [0.2, 0.25) is 0 Å². The van der Waals surface area contributed by atoms with Crippen molar-refractivity contribution in [2.75, 3.05) is 26.2 Å². The summed E-state index contributed by atoms with van der Waals surface area (Å²) in [6.45, 7) is 10.3. The lowest BCUT2D eigenvalue weighted by Gasteiger charge is -2.19. The van der Waals surface area contributed by atoms with E-state index >= 15 is 0 Å². The highest BCUT2D eigenvalue weighted by molar-refractivity contribution is 5.34. The van der Waals surface area contributed by atoms with Gasteiger partial charge in [-0.25, -0.2) is 4.39 Å².